The van der Waals surface area contributed by atoms with Gasteiger partial charge in [-0.1, -0.05) is 48.5 Å². The van der Waals surface area contributed by atoms with Gasteiger partial charge in [0, 0.05) is 24.8 Å². The van der Waals surface area contributed by atoms with E-state index in [4.69, 9.17) is 0 Å². The summed E-state index contributed by atoms with van der Waals surface area (Å²) in [7, 11) is 0. The highest BCUT2D eigenvalue weighted by molar-refractivity contribution is 5.89. The molecule has 0 aliphatic carbocycles. The number of rotatable bonds is 4. The molecule has 0 heterocycles. The van der Waals surface area contributed by atoms with Gasteiger partial charge in [0.05, 0.1) is 0 Å². The van der Waals surface area contributed by atoms with E-state index in [0.29, 0.717) is 0 Å². The van der Waals surface area contributed by atoms with E-state index >= 15 is 0 Å². The molecule has 0 aliphatic heterocycles. The first-order valence-corrected chi connectivity index (χ1v) is 7.30. The van der Waals surface area contributed by atoms with Crippen molar-refractivity contribution >= 4 is 28.1 Å². The number of nitrogens with one attached hydrogen (secondary N) is 2. The van der Waals surface area contributed by atoms with Crippen LogP contribution < -0.4 is 10.6 Å². The van der Waals surface area contributed by atoms with E-state index in [-0.39, 0.29) is 5.91 Å². The van der Waals surface area contributed by atoms with Gasteiger partial charge < -0.3 is 10.6 Å². The Morgan fingerprint density at radius 1 is 0.909 bits per heavy atom. The minimum absolute atomic E-state index is 0.0637. The van der Waals surface area contributed by atoms with E-state index in [1.54, 1.807) is 0 Å². The summed E-state index contributed by atoms with van der Waals surface area (Å²) in [5.41, 5.74) is 3.04. The first-order chi connectivity index (χ1) is 10.7. The number of amides is 1. The molecule has 0 saturated heterocycles. The summed E-state index contributed by atoms with van der Waals surface area (Å²) in [6.45, 7) is 2.25. The zero-order valence-electron chi connectivity index (χ0n) is 12.5. The maximum atomic E-state index is 11.1. The van der Waals surface area contributed by atoms with Crippen molar-refractivity contribution in [2.45, 2.75) is 13.5 Å². The molecule has 3 heteroatoms. The maximum Gasteiger partial charge on any atom is 0.221 e. The van der Waals surface area contributed by atoms with Crippen molar-refractivity contribution in [1.29, 1.82) is 0 Å². The zero-order valence-corrected chi connectivity index (χ0v) is 12.5. The van der Waals surface area contributed by atoms with E-state index in [1.165, 1.54) is 23.3 Å². The molecule has 3 rings (SSSR count). The lowest BCUT2D eigenvalue weighted by atomic mass is 10.0. The van der Waals surface area contributed by atoms with Gasteiger partial charge in [-0.25, -0.2) is 0 Å². The van der Waals surface area contributed by atoms with Crippen molar-refractivity contribution in [3.05, 3.63) is 72.3 Å². The van der Waals surface area contributed by atoms with Gasteiger partial charge in [-0.3, -0.25) is 4.79 Å². The number of hydrogen-bond donors (Lipinski definition) is 2. The van der Waals surface area contributed by atoms with Gasteiger partial charge in [-0.15, -0.1) is 0 Å². The summed E-state index contributed by atoms with van der Waals surface area (Å²) in [6.07, 6.45) is 0. The Morgan fingerprint density at radius 2 is 1.64 bits per heavy atom. The number of benzene rings is 3. The van der Waals surface area contributed by atoms with Crippen LogP contribution in [0.2, 0.25) is 0 Å². The SMILES string of the molecule is CC(=O)Nc1cccc(NCc2cccc3ccccc23)c1. The van der Waals surface area contributed by atoms with Crippen LogP contribution in [0.4, 0.5) is 11.4 Å². The summed E-state index contributed by atoms with van der Waals surface area (Å²) in [5.74, 6) is -0.0637. The Bertz CT molecular complexity index is 806. The zero-order chi connectivity index (χ0) is 15.4. The van der Waals surface area contributed by atoms with Gasteiger partial charge in [-0.2, -0.15) is 0 Å². The minimum Gasteiger partial charge on any atom is -0.381 e. The van der Waals surface area contributed by atoms with Gasteiger partial charge in [0.2, 0.25) is 5.91 Å². The predicted octanol–water partition coefficient (Wildman–Crippen LogP) is 4.41. The quantitative estimate of drug-likeness (QED) is 0.747. The van der Waals surface area contributed by atoms with Crippen molar-refractivity contribution < 1.29 is 4.79 Å². The Morgan fingerprint density at radius 3 is 2.50 bits per heavy atom. The number of hydrogen-bond acceptors (Lipinski definition) is 2. The second kappa shape index (κ2) is 6.31. The molecule has 0 fully saturated rings. The summed E-state index contributed by atoms with van der Waals surface area (Å²) in [6, 6.07) is 22.4. The summed E-state index contributed by atoms with van der Waals surface area (Å²) in [5, 5.41) is 8.71. The van der Waals surface area contributed by atoms with Gasteiger partial charge in [-0.05, 0) is 34.5 Å². The first-order valence-electron chi connectivity index (χ1n) is 7.30. The first kappa shape index (κ1) is 14.1. The number of carbonyl (C=O) groups excluding carboxylic acids is 1. The van der Waals surface area contributed by atoms with Crippen LogP contribution >= 0.6 is 0 Å². The van der Waals surface area contributed by atoms with Crippen LogP contribution in [0.25, 0.3) is 10.8 Å². The lowest BCUT2D eigenvalue weighted by molar-refractivity contribution is -0.114. The van der Waals surface area contributed by atoms with E-state index < -0.39 is 0 Å². The molecule has 110 valence electrons. The number of fused-ring (bicyclic) bond motifs is 1. The third kappa shape index (κ3) is 3.26. The molecule has 3 aromatic carbocycles. The Hall–Kier alpha value is -2.81. The summed E-state index contributed by atoms with van der Waals surface area (Å²) >= 11 is 0. The summed E-state index contributed by atoms with van der Waals surface area (Å²) < 4.78 is 0. The highest BCUT2D eigenvalue weighted by atomic mass is 16.1. The second-order valence-corrected chi connectivity index (χ2v) is 5.25. The Labute approximate surface area is 130 Å². The van der Waals surface area contributed by atoms with Gasteiger partial charge in [0.15, 0.2) is 0 Å². The lowest BCUT2D eigenvalue weighted by Crippen LogP contribution is -2.06. The molecule has 1 amide bonds. The van der Waals surface area contributed by atoms with Crippen LogP contribution in [-0.2, 0) is 11.3 Å². The number of carbonyl (C=O) groups is 1. The molecule has 2 N–H and O–H groups in total. The van der Waals surface area contributed by atoms with Gasteiger partial charge >= 0.3 is 0 Å². The molecule has 0 spiro atoms. The fraction of sp³-hybridized carbons (Fsp3) is 0.105. The molecular weight excluding hydrogens is 272 g/mol. The van der Waals surface area contributed by atoms with Gasteiger partial charge in [0.1, 0.15) is 0 Å². The van der Waals surface area contributed by atoms with E-state index in [1.807, 2.05) is 24.3 Å². The summed E-state index contributed by atoms with van der Waals surface area (Å²) in [4.78, 5) is 11.1. The van der Waals surface area contributed by atoms with Crippen LogP contribution in [0, 0.1) is 0 Å². The molecule has 22 heavy (non-hydrogen) atoms. The molecule has 0 bridgehead atoms. The van der Waals surface area contributed by atoms with Crippen molar-refractivity contribution in [3.8, 4) is 0 Å². The molecule has 0 aromatic heterocycles. The van der Waals surface area contributed by atoms with E-state index in [0.717, 1.165) is 17.9 Å². The molecule has 0 saturated carbocycles. The molecule has 3 aromatic rings. The van der Waals surface area contributed by atoms with Crippen LogP contribution in [0.3, 0.4) is 0 Å². The monoisotopic (exact) mass is 290 g/mol. The molecule has 3 nitrogen and oxygen atoms in total. The maximum absolute atomic E-state index is 11.1. The van der Waals surface area contributed by atoms with Crippen LogP contribution in [0.1, 0.15) is 12.5 Å². The normalized spacial score (nSPS) is 10.4. The molecule has 0 aliphatic rings. The molecule has 0 unspecified atom stereocenters. The highest BCUT2D eigenvalue weighted by Crippen LogP contribution is 2.21. The fourth-order valence-electron chi connectivity index (χ4n) is 2.55. The lowest BCUT2D eigenvalue weighted by Gasteiger charge is -2.11. The second-order valence-electron chi connectivity index (χ2n) is 5.25. The third-order valence-electron chi connectivity index (χ3n) is 3.55. The predicted molar refractivity (Wildman–Crippen MR) is 92.0 cm³/mol. The topological polar surface area (TPSA) is 41.1 Å². The largest absolute Gasteiger partial charge is 0.381 e. The standard InChI is InChI=1S/C19H18N2O/c1-14(22)21-18-10-5-9-17(12-18)20-13-16-8-4-7-15-6-2-3-11-19(15)16/h2-12,20H,13H2,1H3,(H,21,22). The average molecular weight is 290 g/mol. The smallest absolute Gasteiger partial charge is 0.221 e. The molecular formula is C19H18N2O. The van der Waals surface area contributed by atoms with Crippen LogP contribution in [0.15, 0.2) is 66.7 Å². The fourth-order valence-corrected chi connectivity index (χ4v) is 2.55. The highest BCUT2D eigenvalue weighted by Gasteiger charge is 2.01. The molecule has 0 radical (unpaired) electrons. The van der Waals surface area contributed by atoms with Gasteiger partial charge in [0.25, 0.3) is 0 Å². The molecule has 0 atom stereocenters. The van der Waals surface area contributed by atoms with E-state index in [9.17, 15) is 4.79 Å². The van der Waals surface area contributed by atoms with Crippen LogP contribution in [0.5, 0.6) is 0 Å². The average Bonchev–Trinajstić information content (AvgIpc) is 2.52. The third-order valence-corrected chi connectivity index (χ3v) is 3.55. The van der Waals surface area contributed by atoms with Crippen molar-refractivity contribution in [2.24, 2.45) is 0 Å². The number of anilines is 2. The Balaban J connectivity index is 1.78. The van der Waals surface area contributed by atoms with Crippen molar-refractivity contribution in [3.63, 3.8) is 0 Å². The van der Waals surface area contributed by atoms with E-state index in [2.05, 4.69) is 53.1 Å². The van der Waals surface area contributed by atoms with Crippen molar-refractivity contribution in [1.82, 2.24) is 0 Å². The van der Waals surface area contributed by atoms with Crippen molar-refractivity contribution in [2.75, 3.05) is 10.6 Å². The minimum atomic E-state index is -0.0637. The Kier molecular flexibility index (Phi) is 4.05. The van der Waals surface area contributed by atoms with Crippen LogP contribution in [-0.4, -0.2) is 5.91 Å².